The fraction of sp³-hybridized carbons (Fsp3) is 0.474. The van der Waals surface area contributed by atoms with Crippen LogP contribution in [0, 0.1) is 0 Å². The molecule has 0 spiro atoms. The molecule has 1 aromatic heterocycles. The van der Waals surface area contributed by atoms with Crippen molar-refractivity contribution in [2.45, 2.75) is 38.6 Å². The van der Waals surface area contributed by atoms with Gasteiger partial charge in [-0.3, -0.25) is 0 Å². The lowest BCUT2D eigenvalue weighted by molar-refractivity contribution is 0.405. The smallest absolute Gasteiger partial charge is 0.229 e. The quantitative estimate of drug-likeness (QED) is 0.791. The molecule has 1 atom stereocenters. The van der Waals surface area contributed by atoms with Crippen LogP contribution in [0.2, 0.25) is 5.02 Å². The van der Waals surface area contributed by atoms with E-state index in [1.165, 1.54) is 19.3 Å². The average molecular weight is 377 g/mol. The summed E-state index contributed by atoms with van der Waals surface area (Å²) in [5.74, 6) is 2.64. The highest BCUT2D eigenvalue weighted by molar-refractivity contribution is 6.32. The van der Waals surface area contributed by atoms with Crippen molar-refractivity contribution in [1.82, 2.24) is 9.97 Å². The topological polar surface area (TPSA) is 59.5 Å². The number of piperidine rings is 1. The molecule has 2 aromatic rings. The molecule has 1 aromatic carbocycles. The van der Waals surface area contributed by atoms with Crippen LogP contribution in [0.15, 0.2) is 24.4 Å². The Labute approximate surface area is 159 Å². The highest BCUT2D eigenvalue weighted by Gasteiger charge is 2.22. The number of ether oxygens (including phenoxy) is 2. The molecule has 1 aliphatic heterocycles. The third-order valence-electron chi connectivity index (χ3n) is 4.75. The van der Waals surface area contributed by atoms with Crippen LogP contribution < -0.4 is 19.7 Å². The highest BCUT2D eigenvalue weighted by Crippen LogP contribution is 2.37. The Kier molecular flexibility index (Phi) is 6.04. The Morgan fingerprint density at radius 1 is 1.23 bits per heavy atom. The van der Waals surface area contributed by atoms with Crippen LogP contribution in [-0.2, 0) is 0 Å². The maximum atomic E-state index is 6.17. The van der Waals surface area contributed by atoms with Gasteiger partial charge in [0, 0.05) is 30.9 Å². The third kappa shape index (κ3) is 3.96. The van der Waals surface area contributed by atoms with E-state index in [1.54, 1.807) is 32.5 Å². The molecule has 1 saturated heterocycles. The van der Waals surface area contributed by atoms with E-state index in [0.29, 0.717) is 34.2 Å². The van der Waals surface area contributed by atoms with E-state index < -0.39 is 0 Å². The van der Waals surface area contributed by atoms with Gasteiger partial charge >= 0.3 is 0 Å². The molecule has 0 bridgehead atoms. The molecular weight excluding hydrogens is 352 g/mol. The van der Waals surface area contributed by atoms with Crippen LogP contribution in [0.4, 0.5) is 17.5 Å². The minimum Gasteiger partial charge on any atom is -0.495 e. The predicted molar refractivity (Wildman–Crippen MR) is 105 cm³/mol. The molecule has 26 heavy (non-hydrogen) atoms. The summed E-state index contributed by atoms with van der Waals surface area (Å²) in [4.78, 5) is 11.5. The first-order valence-corrected chi connectivity index (χ1v) is 9.32. The molecule has 3 rings (SSSR count). The summed E-state index contributed by atoms with van der Waals surface area (Å²) in [7, 11) is 3.18. The normalized spacial score (nSPS) is 17.1. The number of nitrogens with zero attached hydrogens (tertiary/aromatic N) is 3. The Balaban J connectivity index is 1.87. The van der Waals surface area contributed by atoms with Crippen LogP contribution in [0.3, 0.4) is 0 Å². The van der Waals surface area contributed by atoms with Crippen molar-refractivity contribution >= 4 is 29.1 Å². The molecule has 7 heteroatoms. The molecule has 6 nitrogen and oxygen atoms in total. The minimum atomic E-state index is 0.490. The zero-order valence-electron chi connectivity index (χ0n) is 15.5. The standard InChI is InChI=1S/C19H25ClN4O2/c1-4-13-7-5-6-10-24(13)18-8-9-21-19(23-18)22-15-12-16(25-2)14(20)11-17(15)26-3/h8-9,11-13H,4-7,10H2,1-3H3,(H,21,22,23). The van der Waals surface area contributed by atoms with Crippen LogP contribution in [0.5, 0.6) is 11.5 Å². The lowest BCUT2D eigenvalue weighted by Crippen LogP contribution is -2.39. The van der Waals surface area contributed by atoms with Gasteiger partial charge in [0.2, 0.25) is 5.95 Å². The molecule has 0 aliphatic carbocycles. The third-order valence-corrected chi connectivity index (χ3v) is 5.05. The number of hydrogen-bond donors (Lipinski definition) is 1. The van der Waals surface area contributed by atoms with E-state index in [2.05, 4.69) is 22.1 Å². The lowest BCUT2D eigenvalue weighted by atomic mass is 10.0. The monoisotopic (exact) mass is 376 g/mol. The Hall–Kier alpha value is -2.21. The summed E-state index contributed by atoms with van der Waals surface area (Å²) in [6.45, 7) is 3.27. The first-order valence-electron chi connectivity index (χ1n) is 8.94. The van der Waals surface area contributed by atoms with Gasteiger partial charge < -0.3 is 19.7 Å². The van der Waals surface area contributed by atoms with Crippen LogP contribution in [-0.4, -0.2) is 36.8 Å². The molecule has 0 radical (unpaired) electrons. The molecule has 1 fully saturated rings. The second-order valence-corrected chi connectivity index (χ2v) is 6.71. The van der Waals surface area contributed by atoms with Gasteiger partial charge in [0.1, 0.15) is 17.3 Å². The van der Waals surface area contributed by atoms with Gasteiger partial charge in [0.05, 0.1) is 24.9 Å². The van der Waals surface area contributed by atoms with Gasteiger partial charge in [-0.2, -0.15) is 4.98 Å². The number of hydrogen-bond acceptors (Lipinski definition) is 6. The van der Waals surface area contributed by atoms with Gasteiger partial charge in [0.25, 0.3) is 0 Å². The van der Waals surface area contributed by atoms with Crippen molar-refractivity contribution in [3.8, 4) is 11.5 Å². The van der Waals surface area contributed by atoms with Gasteiger partial charge in [-0.15, -0.1) is 0 Å². The second-order valence-electron chi connectivity index (χ2n) is 6.30. The molecule has 1 unspecified atom stereocenters. The highest BCUT2D eigenvalue weighted by atomic mass is 35.5. The van der Waals surface area contributed by atoms with E-state index in [4.69, 9.17) is 26.1 Å². The van der Waals surface area contributed by atoms with Gasteiger partial charge in [-0.05, 0) is 31.7 Å². The van der Waals surface area contributed by atoms with E-state index in [-0.39, 0.29) is 0 Å². The predicted octanol–water partition coefficient (Wildman–Crippen LogP) is 4.66. The lowest BCUT2D eigenvalue weighted by Gasteiger charge is -2.36. The molecule has 140 valence electrons. The molecule has 0 amide bonds. The number of methoxy groups -OCH3 is 2. The maximum absolute atomic E-state index is 6.17. The Morgan fingerprint density at radius 3 is 2.77 bits per heavy atom. The van der Waals surface area contributed by atoms with E-state index in [1.807, 2.05) is 6.07 Å². The Bertz CT molecular complexity index is 756. The van der Waals surface area contributed by atoms with Crippen molar-refractivity contribution in [3.63, 3.8) is 0 Å². The number of rotatable bonds is 6. The maximum Gasteiger partial charge on any atom is 0.229 e. The number of benzene rings is 1. The van der Waals surface area contributed by atoms with E-state index >= 15 is 0 Å². The number of aromatic nitrogens is 2. The van der Waals surface area contributed by atoms with Crippen molar-refractivity contribution in [2.24, 2.45) is 0 Å². The zero-order valence-corrected chi connectivity index (χ0v) is 16.2. The molecule has 2 heterocycles. The largest absolute Gasteiger partial charge is 0.495 e. The van der Waals surface area contributed by atoms with Crippen molar-refractivity contribution < 1.29 is 9.47 Å². The molecule has 0 saturated carbocycles. The number of halogens is 1. The van der Waals surface area contributed by atoms with E-state index in [9.17, 15) is 0 Å². The zero-order chi connectivity index (χ0) is 18.5. The number of anilines is 3. The van der Waals surface area contributed by atoms with Crippen molar-refractivity contribution in [3.05, 3.63) is 29.4 Å². The van der Waals surface area contributed by atoms with Gasteiger partial charge in [0.15, 0.2) is 0 Å². The summed E-state index contributed by atoms with van der Waals surface area (Å²) in [6.07, 6.45) is 6.60. The summed E-state index contributed by atoms with van der Waals surface area (Å²) in [5, 5.41) is 3.71. The summed E-state index contributed by atoms with van der Waals surface area (Å²) in [6, 6.07) is 6.01. The summed E-state index contributed by atoms with van der Waals surface area (Å²) in [5.41, 5.74) is 0.705. The van der Waals surface area contributed by atoms with Gasteiger partial charge in [-0.25, -0.2) is 4.98 Å². The summed E-state index contributed by atoms with van der Waals surface area (Å²) >= 11 is 6.17. The van der Waals surface area contributed by atoms with Crippen molar-refractivity contribution in [1.29, 1.82) is 0 Å². The molecule has 1 aliphatic rings. The number of nitrogens with one attached hydrogen (secondary N) is 1. The van der Waals surface area contributed by atoms with Crippen LogP contribution in [0.1, 0.15) is 32.6 Å². The fourth-order valence-corrected chi connectivity index (χ4v) is 3.61. The first kappa shape index (κ1) is 18.6. The molecule has 1 N–H and O–H groups in total. The first-order chi connectivity index (χ1) is 12.7. The van der Waals surface area contributed by atoms with Crippen LogP contribution >= 0.6 is 11.6 Å². The van der Waals surface area contributed by atoms with Crippen molar-refractivity contribution in [2.75, 3.05) is 31.0 Å². The Morgan fingerprint density at radius 2 is 2.04 bits per heavy atom. The SMILES string of the molecule is CCC1CCCCN1c1ccnc(Nc2cc(OC)c(Cl)cc2OC)n1. The summed E-state index contributed by atoms with van der Waals surface area (Å²) < 4.78 is 10.7. The second kappa shape index (κ2) is 8.45. The minimum absolute atomic E-state index is 0.490. The fourth-order valence-electron chi connectivity index (χ4n) is 3.37. The molecular formula is C19H25ClN4O2. The van der Waals surface area contributed by atoms with E-state index in [0.717, 1.165) is 18.8 Å². The average Bonchev–Trinajstić information content (AvgIpc) is 2.69. The van der Waals surface area contributed by atoms with Crippen LogP contribution in [0.25, 0.3) is 0 Å². The van der Waals surface area contributed by atoms with Gasteiger partial charge in [-0.1, -0.05) is 18.5 Å².